The van der Waals surface area contributed by atoms with Crippen LogP contribution in [-0.2, 0) is 14.3 Å². The molecule has 0 bridgehead atoms. The van der Waals surface area contributed by atoms with Crippen molar-refractivity contribution < 1.29 is 23.7 Å². The summed E-state index contributed by atoms with van der Waals surface area (Å²) in [6.07, 6.45) is 1.81. The van der Waals surface area contributed by atoms with E-state index in [2.05, 4.69) is 0 Å². The summed E-state index contributed by atoms with van der Waals surface area (Å²) in [5, 5.41) is 11.9. The molecule has 0 spiro atoms. The Balaban J connectivity index is 1.67. The topological polar surface area (TPSA) is 99.7 Å². The van der Waals surface area contributed by atoms with Crippen LogP contribution in [0.1, 0.15) is 65.1 Å². The van der Waals surface area contributed by atoms with Gasteiger partial charge in [-0.25, -0.2) is 0 Å². The maximum atomic E-state index is 13.4. The zero-order chi connectivity index (χ0) is 25.3. The molecule has 7 nitrogen and oxygen atoms in total. The van der Waals surface area contributed by atoms with E-state index in [1.54, 1.807) is 12.1 Å². The van der Waals surface area contributed by atoms with E-state index in [1.807, 2.05) is 27.7 Å². The highest BCUT2D eigenvalue weighted by molar-refractivity contribution is 6.31. The van der Waals surface area contributed by atoms with Crippen molar-refractivity contribution in [3.05, 3.63) is 73.9 Å². The minimum Gasteiger partial charge on any atom is -0.465 e. The van der Waals surface area contributed by atoms with Gasteiger partial charge in [0.15, 0.2) is 11.6 Å². The van der Waals surface area contributed by atoms with Gasteiger partial charge in [0.05, 0.1) is 16.4 Å². The number of halogens is 1. The van der Waals surface area contributed by atoms with Gasteiger partial charge < -0.3 is 9.15 Å². The monoisotopic (exact) mass is 495 g/mol. The molecule has 1 aliphatic heterocycles. The number of ketones is 2. The molecule has 0 radical (unpaired) electrons. The van der Waals surface area contributed by atoms with E-state index in [0.717, 1.165) is 0 Å². The third-order valence-electron chi connectivity index (χ3n) is 6.91. The molecule has 3 aliphatic rings. The van der Waals surface area contributed by atoms with Crippen LogP contribution in [0.2, 0.25) is 5.02 Å². The van der Waals surface area contributed by atoms with Crippen LogP contribution in [0.3, 0.4) is 0 Å². The van der Waals surface area contributed by atoms with Crippen molar-refractivity contribution in [1.29, 1.82) is 0 Å². The van der Waals surface area contributed by atoms with E-state index >= 15 is 0 Å². The zero-order valence-corrected chi connectivity index (χ0v) is 20.8. The van der Waals surface area contributed by atoms with Crippen molar-refractivity contribution in [2.75, 3.05) is 0 Å². The zero-order valence-electron chi connectivity index (χ0n) is 20.1. The lowest BCUT2D eigenvalue weighted by molar-refractivity contribution is -0.384. The van der Waals surface area contributed by atoms with Crippen LogP contribution in [0, 0.1) is 20.9 Å². The Hall–Kier alpha value is -3.19. The molecule has 182 valence electrons. The molecule has 2 aromatic rings. The van der Waals surface area contributed by atoms with Crippen LogP contribution in [0.25, 0.3) is 11.3 Å². The van der Waals surface area contributed by atoms with Crippen molar-refractivity contribution in [3.63, 3.8) is 0 Å². The first-order valence-corrected chi connectivity index (χ1v) is 12.0. The second-order valence-electron chi connectivity index (χ2n) is 11.2. The molecule has 0 amide bonds. The number of carbonyl (C=O) groups excluding carboxylic acids is 2. The molecule has 2 aliphatic carbocycles. The molecule has 0 saturated carbocycles. The van der Waals surface area contributed by atoms with E-state index in [9.17, 15) is 19.7 Å². The van der Waals surface area contributed by atoms with Gasteiger partial charge in [0.1, 0.15) is 23.0 Å². The van der Waals surface area contributed by atoms with Crippen molar-refractivity contribution in [2.45, 2.75) is 59.3 Å². The molecule has 8 heteroatoms. The number of rotatable bonds is 3. The van der Waals surface area contributed by atoms with Gasteiger partial charge in [0.2, 0.25) is 0 Å². The lowest BCUT2D eigenvalue weighted by Gasteiger charge is -2.42. The van der Waals surface area contributed by atoms with Gasteiger partial charge in [0, 0.05) is 47.9 Å². The van der Waals surface area contributed by atoms with Crippen LogP contribution in [0.4, 0.5) is 5.69 Å². The van der Waals surface area contributed by atoms with Crippen LogP contribution >= 0.6 is 11.6 Å². The molecule has 0 fully saturated rings. The van der Waals surface area contributed by atoms with Crippen molar-refractivity contribution in [2.24, 2.45) is 10.8 Å². The minimum atomic E-state index is -0.701. The molecule has 1 aromatic heterocycles. The summed E-state index contributed by atoms with van der Waals surface area (Å²) < 4.78 is 12.4. The smallest absolute Gasteiger partial charge is 0.280 e. The standard InChI is InChI=1S/C27H26ClNO6/c1-26(2)10-17(30)23-21(12-26)35-22-13-27(3,4)11-18(31)24(22)25(23)20-8-7-19(34-20)15-9-14(28)5-6-16(15)29(32)33/h5-9,25H,10-13H2,1-4H3. The van der Waals surface area contributed by atoms with Gasteiger partial charge in [-0.15, -0.1) is 0 Å². The predicted molar refractivity (Wildman–Crippen MR) is 130 cm³/mol. The van der Waals surface area contributed by atoms with E-state index in [-0.39, 0.29) is 39.4 Å². The first-order chi connectivity index (χ1) is 16.3. The molecular formula is C27H26ClNO6. The summed E-state index contributed by atoms with van der Waals surface area (Å²) in [6.45, 7) is 8.10. The summed E-state index contributed by atoms with van der Waals surface area (Å²) >= 11 is 6.12. The van der Waals surface area contributed by atoms with Crippen LogP contribution in [0.5, 0.6) is 0 Å². The highest BCUT2D eigenvalue weighted by Crippen LogP contribution is 2.53. The number of ether oxygens (including phenoxy) is 1. The molecule has 0 saturated heterocycles. The average molecular weight is 496 g/mol. The molecule has 35 heavy (non-hydrogen) atoms. The molecular weight excluding hydrogens is 470 g/mol. The van der Waals surface area contributed by atoms with Crippen molar-refractivity contribution >= 4 is 28.9 Å². The molecule has 0 atom stereocenters. The first-order valence-electron chi connectivity index (χ1n) is 11.6. The quantitative estimate of drug-likeness (QED) is 0.339. The fourth-order valence-corrected chi connectivity index (χ4v) is 5.65. The Morgan fingerprint density at radius 1 is 0.914 bits per heavy atom. The van der Waals surface area contributed by atoms with Crippen LogP contribution < -0.4 is 0 Å². The molecule has 2 heterocycles. The van der Waals surface area contributed by atoms with Gasteiger partial charge >= 0.3 is 0 Å². The van der Waals surface area contributed by atoms with Crippen LogP contribution in [0.15, 0.2) is 57.4 Å². The molecule has 1 aromatic carbocycles. The normalized spacial score (nSPS) is 21.5. The third-order valence-corrected chi connectivity index (χ3v) is 7.15. The maximum Gasteiger partial charge on any atom is 0.280 e. The number of allylic oxidation sites excluding steroid dienone is 4. The van der Waals surface area contributed by atoms with E-state index < -0.39 is 10.8 Å². The summed E-state index contributed by atoms with van der Waals surface area (Å²) in [4.78, 5) is 37.9. The number of furan rings is 1. The summed E-state index contributed by atoms with van der Waals surface area (Å²) in [5.74, 6) is 0.970. The van der Waals surface area contributed by atoms with Crippen LogP contribution in [-0.4, -0.2) is 16.5 Å². The van der Waals surface area contributed by atoms with Gasteiger partial charge in [-0.3, -0.25) is 19.7 Å². The number of nitro groups is 1. The number of Topliss-reactive ketones (excluding diaryl/α,β-unsaturated/α-hetero) is 2. The molecule has 5 rings (SSSR count). The highest BCUT2D eigenvalue weighted by Gasteiger charge is 2.48. The molecule has 0 N–H and O–H groups in total. The van der Waals surface area contributed by atoms with Gasteiger partial charge in [-0.2, -0.15) is 0 Å². The third kappa shape index (κ3) is 4.12. The van der Waals surface area contributed by atoms with Crippen molar-refractivity contribution in [1.82, 2.24) is 0 Å². The average Bonchev–Trinajstić information content (AvgIpc) is 3.19. The number of nitrogens with zero attached hydrogens (tertiary/aromatic N) is 1. The highest BCUT2D eigenvalue weighted by atomic mass is 35.5. The SMILES string of the molecule is CC1(C)CC(=O)C2=C(C1)OC1=C(C(=O)CC(C)(C)C1)C2c1ccc(-c2cc(Cl)ccc2[N+](=O)[O-])o1. The Bertz CT molecular complexity index is 1310. The number of benzene rings is 1. The Morgan fingerprint density at radius 2 is 1.49 bits per heavy atom. The summed E-state index contributed by atoms with van der Waals surface area (Å²) in [5.41, 5.74) is 0.477. The number of carbonyl (C=O) groups is 2. The minimum absolute atomic E-state index is 0.0721. The Morgan fingerprint density at radius 3 is 2.03 bits per heavy atom. The second kappa shape index (κ2) is 7.92. The lowest BCUT2D eigenvalue weighted by atomic mass is 9.66. The largest absolute Gasteiger partial charge is 0.465 e. The van der Waals surface area contributed by atoms with Gasteiger partial charge in [0.25, 0.3) is 5.69 Å². The predicted octanol–water partition coefficient (Wildman–Crippen LogP) is 6.91. The van der Waals surface area contributed by atoms with Gasteiger partial charge in [-0.1, -0.05) is 39.3 Å². The lowest BCUT2D eigenvalue weighted by Crippen LogP contribution is -2.37. The molecule has 0 unspecified atom stereocenters. The maximum absolute atomic E-state index is 13.4. The Kier molecular flexibility index (Phi) is 5.33. The number of hydrogen-bond donors (Lipinski definition) is 0. The first kappa shape index (κ1) is 23.5. The van der Waals surface area contributed by atoms with E-state index in [0.29, 0.717) is 59.1 Å². The number of nitro benzene ring substituents is 1. The fourth-order valence-electron chi connectivity index (χ4n) is 5.48. The van der Waals surface area contributed by atoms with E-state index in [4.69, 9.17) is 20.8 Å². The Labute approximate surface area is 207 Å². The van der Waals surface area contributed by atoms with Crippen molar-refractivity contribution in [3.8, 4) is 11.3 Å². The second-order valence-corrected chi connectivity index (χ2v) is 11.6. The summed E-state index contributed by atoms with van der Waals surface area (Å²) in [6, 6.07) is 7.56. The van der Waals surface area contributed by atoms with Gasteiger partial charge in [-0.05, 0) is 35.1 Å². The summed E-state index contributed by atoms with van der Waals surface area (Å²) in [7, 11) is 0. The fraction of sp³-hybridized carbons (Fsp3) is 0.407. The van der Waals surface area contributed by atoms with E-state index in [1.165, 1.54) is 18.2 Å². The number of hydrogen-bond acceptors (Lipinski definition) is 6.